The van der Waals surface area contributed by atoms with Crippen LogP contribution in [0.15, 0.2) is 24.3 Å². The third-order valence-electron chi connectivity index (χ3n) is 4.02. The molecule has 0 bridgehead atoms. The zero-order valence-electron chi connectivity index (χ0n) is 12.2. The van der Waals surface area contributed by atoms with E-state index in [1.54, 1.807) is 0 Å². The van der Waals surface area contributed by atoms with E-state index in [0.717, 1.165) is 18.0 Å². The molecule has 3 nitrogen and oxygen atoms in total. The molecule has 3 heteroatoms. The Morgan fingerprint density at radius 2 is 2.00 bits per heavy atom. The highest BCUT2D eigenvalue weighted by Gasteiger charge is 2.22. The number of nitrogens with zero attached hydrogens (tertiary/aromatic N) is 1. The van der Waals surface area contributed by atoms with Crippen LogP contribution in [0.25, 0.3) is 0 Å². The maximum atomic E-state index is 5.86. The van der Waals surface area contributed by atoms with Crippen LogP contribution in [0, 0.1) is 5.41 Å². The summed E-state index contributed by atoms with van der Waals surface area (Å²) >= 11 is 0. The quantitative estimate of drug-likeness (QED) is 0.847. The van der Waals surface area contributed by atoms with Crippen LogP contribution in [0.2, 0.25) is 0 Å². The van der Waals surface area contributed by atoms with E-state index < -0.39 is 0 Å². The molecule has 0 saturated carbocycles. The summed E-state index contributed by atoms with van der Waals surface area (Å²) in [5, 5.41) is 0. The van der Waals surface area contributed by atoms with Crippen molar-refractivity contribution in [3.8, 4) is 5.75 Å². The van der Waals surface area contributed by atoms with Gasteiger partial charge in [0.2, 0.25) is 0 Å². The van der Waals surface area contributed by atoms with Crippen molar-refractivity contribution in [3.63, 3.8) is 0 Å². The lowest BCUT2D eigenvalue weighted by Gasteiger charge is -2.23. The van der Waals surface area contributed by atoms with Gasteiger partial charge in [-0.3, -0.25) is 4.90 Å². The molecule has 0 radical (unpaired) electrons. The molecule has 0 aliphatic carbocycles. The summed E-state index contributed by atoms with van der Waals surface area (Å²) in [7, 11) is 0. The van der Waals surface area contributed by atoms with Crippen LogP contribution in [-0.2, 0) is 0 Å². The molecular weight excluding hydrogens is 236 g/mol. The fourth-order valence-corrected chi connectivity index (χ4v) is 2.60. The zero-order chi connectivity index (χ0) is 13.7. The second kappa shape index (κ2) is 6.29. The second-order valence-corrected chi connectivity index (χ2v) is 6.25. The number of para-hydroxylation sites is 2. The van der Waals surface area contributed by atoms with Gasteiger partial charge in [-0.1, -0.05) is 26.0 Å². The highest BCUT2D eigenvalue weighted by atomic mass is 16.5. The van der Waals surface area contributed by atoms with E-state index in [0.29, 0.717) is 12.0 Å². The van der Waals surface area contributed by atoms with E-state index in [-0.39, 0.29) is 0 Å². The van der Waals surface area contributed by atoms with Gasteiger partial charge in [-0.15, -0.1) is 0 Å². The van der Waals surface area contributed by atoms with Crippen LogP contribution in [0.5, 0.6) is 5.75 Å². The summed E-state index contributed by atoms with van der Waals surface area (Å²) in [6, 6.07) is 7.70. The molecule has 2 rings (SSSR count). The molecule has 1 fully saturated rings. The molecule has 106 valence electrons. The Kier molecular flexibility index (Phi) is 4.70. The number of benzene rings is 1. The number of anilines is 1. The fraction of sp³-hybridized carbons (Fsp3) is 0.625. The Bertz CT molecular complexity index is 403. The Hall–Kier alpha value is -1.22. The van der Waals surface area contributed by atoms with E-state index >= 15 is 0 Å². The molecule has 0 aromatic heterocycles. The van der Waals surface area contributed by atoms with Gasteiger partial charge in [-0.05, 0) is 49.9 Å². The maximum Gasteiger partial charge on any atom is 0.142 e. The first-order chi connectivity index (χ1) is 9.07. The molecule has 1 aliphatic heterocycles. The lowest BCUT2D eigenvalue weighted by Crippen LogP contribution is -2.30. The molecule has 1 aromatic rings. The molecule has 19 heavy (non-hydrogen) atoms. The van der Waals surface area contributed by atoms with Gasteiger partial charge in [-0.2, -0.15) is 0 Å². The van der Waals surface area contributed by atoms with Crippen molar-refractivity contribution in [2.45, 2.75) is 33.1 Å². The normalized spacial score (nSPS) is 19.9. The van der Waals surface area contributed by atoms with E-state index in [9.17, 15) is 0 Å². The Morgan fingerprint density at radius 1 is 1.21 bits per heavy atom. The van der Waals surface area contributed by atoms with Gasteiger partial charge in [0.05, 0.1) is 5.69 Å². The maximum absolute atomic E-state index is 5.86. The van der Waals surface area contributed by atoms with Crippen LogP contribution in [0.3, 0.4) is 0 Å². The summed E-state index contributed by atoms with van der Waals surface area (Å²) in [5.74, 6) is 0.803. The van der Waals surface area contributed by atoms with Crippen LogP contribution in [-0.4, -0.2) is 31.1 Å². The molecule has 0 amide bonds. The minimum absolute atomic E-state index is 0.499. The minimum Gasteiger partial charge on any atom is -0.490 e. The molecule has 1 aromatic carbocycles. The van der Waals surface area contributed by atoms with Crippen LogP contribution >= 0.6 is 0 Å². The minimum atomic E-state index is 0.499. The average molecular weight is 262 g/mol. The third-order valence-corrected chi connectivity index (χ3v) is 4.02. The summed E-state index contributed by atoms with van der Waals surface area (Å²) in [6.45, 7) is 8.83. The highest BCUT2D eigenvalue weighted by molar-refractivity contribution is 5.51. The summed E-state index contributed by atoms with van der Waals surface area (Å²) in [4.78, 5) is 2.51. The Labute approximate surface area is 116 Å². The first-order valence-corrected chi connectivity index (χ1v) is 7.26. The first kappa shape index (κ1) is 14.2. The van der Waals surface area contributed by atoms with Crippen molar-refractivity contribution in [1.29, 1.82) is 0 Å². The number of hydrogen-bond donors (Lipinski definition) is 1. The third kappa shape index (κ3) is 4.43. The zero-order valence-corrected chi connectivity index (χ0v) is 12.2. The standard InChI is InChI=1S/C16H26N2O/c1-16(2)8-5-10-18(11-9-16)12-13-19-15-7-4-3-6-14(15)17/h3-4,6-7H,5,8-13,17H2,1-2H3. The van der Waals surface area contributed by atoms with Gasteiger partial charge in [0.25, 0.3) is 0 Å². The Balaban J connectivity index is 1.75. The predicted molar refractivity (Wildman–Crippen MR) is 80.4 cm³/mol. The highest BCUT2D eigenvalue weighted by Crippen LogP contribution is 2.29. The molecule has 1 saturated heterocycles. The van der Waals surface area contributed by atoms with E-state index in [2.05, 4.69) is 18.7 Å². The van der Waals surface area contributed by atoms with Crippen molar-refractivity contribution in [2.75, 3.05) is 32.0 Å². The van der Waals surface area contributed by atoms with Gasteiger partial charge in [0, 0.05) is 6.54 Å². The van der Waals surface area contributed by atoms with Gasteiger partial charge in [0.15, 0.2) is 0 Å². The summed E-state index contributed by atoms with van der Waals surface area (Å²) < 4.78 is 5.77. The van der Waals surface area contributed by atoms with Crippen molar-refractivity contribution in [3.05, 3.63) is 24.3 Å². The van der Waals surface area contributed by atoms with Crippen molar-refractivity contribution in [1.82, 2.24) is 4.90 Å². The molecule has 1 aliphatic rings. The molecular formula is C16H26N2O. The predicted octanol–water partition coefficient (Wildman–Crippen LogP) is 3.16. The largest absolute Gasteiger partial charge is 0.490 e. The van der Waals surface area contributed by atoms with Crippen LogP contribution < -0.4 is 10.5 Å². The second-order valence-electron chi connectivity index (χ2n) is 6.25. The van der Waals surface area contributed by atoms with Crippen LogP contribution in [0.1, 0.15) is 33.1 Å². The topological polar surface area (TPSA) is 38.5 Å². The van der Waals surface area contributed by atoms with E-state index in [1.807, 2.05) is 24.3 Å². The van der Waals surface area contributed by atoms with Crippen molar-refractivity contribution >= 4 is 5.69 Å². The number of nitrogens with two attached hydrogens (primary N) is 1. The van der Waals surface area contributed by atoms with E-state index in [4.69, 9.17) is 10.5 Å². The summed E-state index contributed by atoms with van der Waals surface area (Å²) in [5.41, 5.74) is 7.08. The average Bonchev–Trinajstić information content (AvgIpc) is 2.53. The van der Waals surface area contributed by atoms with Gasteiger partial charge in [-0.25, -0.2) is 0 Å². The molecule has 0 unspecified atom stereocenters. The van der Waals surface area contributed by atoms with Crippen LogP contribution in [0.4, 0.5) is 5.69 Å². The summed E-state index contributed by atoms with van der Waals surface area (Å²) in [6.07, 6.45) is 3.90. The number of nitrogen functional groups attached to an aromatic ring is 1. The fourth-order valence-electron chi connectivity index (χ4n) is 2.60. The monoisotopic (exact) mass is 262 g/mol. The van der Waals surface area contributed by atoms with Crippen molar-refractivity contribution < 1.29 is 4.74 Å². The smallest absolute Gasteiger partial charge is 0.142 e. The van der Waals surface area contributed by atoms with Gasteiger partial charge >= 0.3 is 0 Å². The van der Waals surface area contributed by atoms with E-state index in [1.165, 1.54) is 32.4 Å². The molecule has 2 N–H and O–H groups in total. The van der Waals surface area contributed by atoms with Crippen molar-refractivity contribution in [2.24, 2.45) is 5.41 Å². The SMILES string of the molecule is CC1(C)CCCN(CCOc2ccccc2N)CC1. The first-order valence-electron chi connectivity index (χ1n) is 7.26. The lowest BCUT2D eigenvalue weighted by atomic mass is 9.85. The molecule has 0 atom stereocenters. The van der Waals surface area contributed by atoms with Gasteiger partial charge < -0.3 is 10.5 Å². The Morgan fingerprint density at radius 3 is 2.79 bits per heavy atom. The molecule has 0 spiro atoms. The number of hydrogen-bond acceptors (Lipinski definition) is 3. The van der Waals surface area contributed by atoms with Gasteiger partial charge in [0.1, 0.15) is 12.4 Å². The lowest BCUT2D eigenvalue weighted by molar-refractivity contribution is 0.207. The number of rotatable bonds is 4. The number of ether oxygens (including phenoxy) is 1. The molecule has 1 heterocycles. The number of likely N-dealkylation sites (tertiary alicyclic amines) is 1.